The van der Waals surface area contributed by atoms with Gasteiger partial charge >= 0.3 is 0 Å². The van der Waals surface area contributed by atoms with E-state index in [9.17, 15) is 8.42 Å². The van der Waals surface area contributed by atoms with Crippen molar-refractivity contribution >= 4 is 9.84 Å². The predicted molar refractivity (Wildman–Crippen MR) is 37.7 cm³/mol. The maximum Gasteiger partial charge on any atom is 0.167 e. The van der Waals surface area contributed by atoms with Crippen LogP contribution in [0, 0.1) is 0 Å². The Hall–Kier alpha value is -0.0900. The van der Waals surface area contributed by atoms with Gasteiger partial charge in [-0.1, -0.05) is 0 Å². The summed E-state index contributed by atoms with van der Waals surface area (Å²) in [5.41, 5.74) is 5.00. The highest BCUT2D eigenvalue weighted by atomic mass is 32.2. The van der Waals surface area contributed by atoms with E-state index in [1.807, 2.05) is 0 Å². The molecule has 0 aromatic carbocycles. The van der Waals surface area contributed by atoms with E-state index in [0.717, 1.165) is 0 Å². The van der Waals surface area contributed by atoms with Crippen molar-refractivity contribution in [1.29, 1.82) is 0 Å². The van der Waals surface area contributed by atoms with Crippen molar-refractivity contribution in [3.63, 3.8) is 0 Å². The summed E-state index contributed by atoms with van der Waals surface area (Å²) >= 11 is 0. The second-order valence-corrected chi connectivity index (χ2v) is 5.68. The molecule has 9 heavy (non-hydrogen) atoms. The molecule has 0 unspecified atom stereocenters. The molecule has 4 heteroatoms. The van der Waals surface area contributed by atoms with E-state index in [1.165, 1.54) is 0 Å². The fraction of sp³-hybridized carbons (Fsp3) is 1.00. The molecule has 0 amide bonds. The van der Waals surface area contributed by atoms with Crippen LogP contribution < -0.4 is 5.73 Å². The van der Waals surface area contributed by atoms with Crippen molar-refractivity contribution in [2.45, 2.75) is 25.5 Å². The molecule has 0 aliphatic carbocycles. The van der Waals surface area contributed by atoms with Gasteiger partial charge in [-0.2, -0.15) is 0 Å². The third-order valence-corrected chi connectivity index (χ3v) is 3.46. The maximum absolute atomic E-state index is 10.9. The zero-order valence-corrected chi connectivity index (χ0v) is 6.83. The van der Waals surface area contributed by atoms with E-state index in [4.69, 9.17) is 5.73 Å². The SMILES string of the molecule is CC(C)(C)S(=O)(=O)CN. The van der Waals surface area contributed by atoms with Crippen molar-refractivity contribution in [2.75, 3.05) is 5.88 Å². The topological polar surface area (TPSA) is 60.2 Å². The first-order chi connectivity index (χ1) is 3.81. The number of sulfone groups is 1. The van der Waals surface area contributed by atoms with Crippen molar-refractivity contribution in [1.82, 2.24) is 0 Å². The van der Waals surface area contributed by atoms with Crippen LogP contribution in [-0.2, 0) is 9.84 Å². The quantitative estimate of drug-likeness (QED) is 0.579. The maximum atomic E-state index is 10.9. The van der Waals surface area contributed by atoms with Gasteiger partial charge in [-0.15, -0.1) is 0 Å². The minimum absolute atomic E-state index is 0.267. The zero-order chi connectivity index (χ0) is 7.71. The van der Waals surface area contributed by atoms with Crippen LogP contribution in [0.25, 0.3) is 0 Å². The average Bonchev–Trinajstić information content (AvgIpc) is 1.64. The van der Waals surface area contributed by atoms with Gasteiger partial charge in [0.15, 0.2) is 9.84 Å². The summed E-state index contributed by atoms with van der Waals surface area (Å²) in [5, 5.41) is 0. The van der Waals surface area contributed by atoms with Gasteiger partial charge in [-0.3, -0.25) is 0 Å². The lowest BCUT2D eigenvalue weighted by molar-refractivity contribution is 0.560. The third-order valence-electron chi connectivity index (χ3n) is 1.15. The fourth-order valence-electron chi connectivity index (χ4n) is 0.250. The van der Waals surface area contributed by atoms with Crippen LogP contribution in [0.2, 0.25) is 0 Å². The molecule has 0 aromatic heterocycles. The smallest absolute Gasteiger partial charge is 0.167 e. The lowest BCUT2D eigenvalue weighted by atomic mass is 10.3. The minimum Gasteiger partial charge on any atom is -0.318 e. The molecule has 0 atom stereocenters. The fourth-order valence-corrected chi connectivity index (χ4v) is 0.750. The van der Waals surface area contributed by atoms with Crippen LogP contribution in [0.1, 0.15) is 20.8 Å². The molecule has 0 spiro atoms. The van der Waals surface area contributed by atoms with Crippen molar-refractivity contribution in [2.24, 2.45) is 5.73 Å². The van der Waals surface area contributed by atoms with E-state index in [1.54, 1.807) is 20.8 Å². The van der Waals surface area contributed by atoms with Gasteiger partial charge in [0.2, 0.25) is 0 Å². The zero-order valence-electron chi connectivity index (χ0n) is 6.01. The molecule has 0 saturated heterocycles. The first kappa shape index (κ1) is 8.91. The van der Waals surface area contributed by atoms with Gasteiger partial charge in [-0.05, 0) is 20.8 Å². The molecule has 0 heterocycles. The molecule has 0 fully saturated rings. The Kier molecular flexibility index (Phi) is 2.24. The summed E-state index contributed by atoms with van der Waals surface area (Å²) in [4.78, 5) is 0. The summed E-state index contributed by atoms with van der Waals surface area (Å²) in [5.74, 6) is -0.267. The largest absolute Gasteiger partial charge is 0.318 e. The van der Waals surface area contributed by atoms with Gasteiger partial charge in [0.25, 0.3) is 0 Å². The Morgan fingerprint density at radius 2 is 1.67 bits per heavy atom. The number of nitrogens with two attached hydrogens (primary N) is 1. The van der Waals surface area contributed by atoms with Gasteiger partial charge in [0.05, 0.1) is 10.6 Å². The second kappa shape index (κ2) is 2.27. The normalized spacial score (nSPS) is 13.8. The van der Waals surface area contributed by atoms with Gasteiger partial charge in [0, 0.05) is 0 Å². The highest BCUT2D eigenvalue weighted by molar-refractivity contribution is 7.92. The molecule has 0 aliphatic heterocycles. The molecule has 0 saturated carbocycles. The van der Waals surface area contributed by atoms with Gasteiger partial charge in [0.1, 0.15) is 0 Å². The Morgan fingerprint density at radius 1 is 1.33 bits per heavy atom. The number of rotatable bonds is 1. The summed E-state index contributed by atoms with van der Waals surface area (Å²) in [6, 6.07) is 0. The van der Waals surface area contributed by atoms with E-state index >= 15 is 0 Å². The van der Waals surface area contributed by atoms with Crippen LogP contribution in [0.5, 0.6) is 0 Å². The molecule has 0 rings (SSSR count). The molecule has 0 radical (unpaired) electrons. The number of hydrogen-bond donors (Lipinski definition) is 1. The molecule has 56 valence electrons. The van der Waals surface area contributed by atoms with Crippen LogP contribution in [0.15, 0.2) is 0 Å². The summed E-state index contributed by atoms with van der Waals surface area (Å²) in [7, 11) is -3.06. The Morgan fingerprint density at radius 3 is 1.67 bits per heavy atom. The van der Waals surface area contributed by atoms with E-state index in [0.29, 0.717) is 0 Å². The average molecular weight is 151 g/mol. The second-order valence-electron chi connectivity index (χ2n) is 2.89. The van der Waals surface area contributed by atoms with Crippen molar-refractivity contribution in [3.05, 3.63) is 0 Å². The number of hydrogen-bond acceptors (Lipinski definition) is 3. The summed E-state index contributed by atoms with van der Waals surface area (Å²) in [6.07, 6.45) is 0. The van der Waals surface area contributed by atoms with E-state index in [-0.39, 0.29) is 5.88 Å². The van der Waals surface area contributed by atoms with Gasteiger partial charge in [-0.25, -0.2) is 8.42 Å². The standard InChI is InChI=1S/C5H13NO2S/c1-5(2,3)9(7,8)4-6/h4,6H2,1-3H3. The Balaban J connectivity index is 4.57. The highest BCUT2D eigenvalue weighted by Crippen LogP contribution is 2.13. The first-order valence-corrected chi connectivity index (χ1v) is 4.39. The molecular weight excluding hydrogens is 138 g/mol. The van der Waals surface area contributed by atoms with Crippen LogP contribution in [0.4, 0.5) is 0 Å². The van der Waals surface area contributed by atoms with Crippen LogP contribution in [0.3, 0.4) is 0 Å². The highest BCUT2D eigenvalue weighted by Gasteiger charge is 2.26. The third kappa shape index (κ3) is 1.95. The molecule has 3 nitrogen and oxygen atoms in total. The Bertz CT molecular complexity index is 176. The molecular formula is C5H13NO2S. The minimum atomic E-state index is -3.06. The molecule has 0 aliphatic rings. The van der Waals surface area contributed by atoms with E-state index < -0.39 is 14.6 Å². The monoisotopic (exact) mass is 151 g/mol. The Labute approximate surface area is 56.2 Å². The molecule has 2 N–H and O–H groups in total. The predicted octanol–water partition coefficient (Wildman–Crippen LogP) is 0.116. The van der Waals surface area contributed by atoms with Crippen molar-refractivity contribution < 1.29 is 8.42 Å². The lowest BCUT2D eigenvalue weighted by Crippen LogP contribution is -2.33. The molecule has 0 bridgehead atoms. The first-order valence-electron chi connectivity index (χ1n) is 2.73. The summed E-state index contributed by atoms with van der Waals surface area (Å²) < 4.78 is 21.1. The lowest BCUT2D eigenvalue weighted by Gasteiger charge is -2.16. The van der Waals surface area contributed by atoms with E-state index in [2.05, 4.69) is 0 Å². The van der Waals surface area contributed by atoms with Gasteiger partial charge < -0.3 is 5.73 Å². The summed E-state index contributed by atoms with van der Waals surface area (Å²) in [6.45, 7) is 4.90. The van der Waals surface area contributed by atoms with Crippen molar-refractivity contribution in [3.8, 4) is 0 Å². The molecule has 0 aromatic rings. The van der Waals surface area contributed by atoms with Crippen LogP contribution >= 0.6 is 0 Å². The van der Waals surface area contributed by atoms with Crippen LogP contribution in [-0.4, -0.2) is 19.0 Å².